The van der Waals surface area contributed by atoms with Gasteiger partial charge < -0.3 is 5.32 Å². The minimum Gasteiger partial charge on any atom is -0.362 e. The van der Waals surface area contributed by atoms with E-state index in [4.69, 9.17) is 11.6 Å². The number of benzene rings is 1. The van der Waals surface area contributed by atoms with Gasteiger partial charge in [-0.1, -0.05) is 43.7 Å². The predicted molar refractivity (Wildman–Crippen MR) is 86.1 cm³/mol. The smallest absolute Gasteiger partial charge is 0.162 e. The summed E-state index contributed by atoms with van der Waals surface area (Å²) in [6.07, 6.45) is 3.67. The lowest BCUT2D eigenvalue weighted by molar-refractivity contribution is -0.118. The van der Waals surface area contributed by atoms with Crippen molar-refractivity contribution in [2.24, 2.45) is 5.41 Å². The van der Waals surface area contributed by atoms with E-state index in [1.165, 1.54) is 0 Å². The van der Waals surface area contributed by atoms with Crippen LogP contribution in [0.2, 0.25) is 5.02 Å². The number of ketones is 1. The molecule has 1 aliphatic heterocycles. The zero-order valence-electron chi connectivity index (χ0n) is 12.7. The van der Waals surface area contributed by atoms with Crippen LogP contribution in [0.3, 0.4) is 0 Å². The Morgan fingerprint density at radius 1 is 1.19 bits per heavy atom. The summed E-state index contributed by atoms with van der Waals surface area (Å²) < 4.78 is 0. The molecule has 3 heteroatoms. The van der Waals surface area contributed by atoms with Gasteiger partial charge in [-0.15, -0.1) is 0 Å². The molecule has 3 rings (SSSR count). The number of halogens is 1. The third kappa shape index (κ3) is 2.77. The second-order valence-corrected chi connectivity index (χ2v) is 7.27. The van der Waals surface area contributed by atoms with Crippen LogP contribution >= 0.6 is 11.6 Å². The van der Waals surface area contributed by atoms with Gasteiger partial charge in [0.1, 0.15) is 0 Å². The van der Waals surface area contributed by atoms with E-state index in [0.717, 1.165) is 34.0 Å². The van der Waals surface area contributed by atoms with E-state index < -0.39 is 0 Å². The molecule has 0 saturated carbocycles. The lowest BCUT2D eigenvalue weighted by Gasteiger charge is -2.37. The van der Waals surface area contributed by atoms with Crippen molar-refractivity contribution in [2.45, 2.75) is 39.5 Å². The van der Waals surface area contributed by atoms with Crippen LogP contribution < -0.4 is 5.32 Å². The number of allylic oxidation sites excluding steroid dienone is 4. The summed E-state index contributed by atoms with van der Waals surface area (Å²) in [5, 5.41) is 4.13. The van der Waals surface area contributed by atoms with Crippen molar-refractivity contribution >= 4 is 17.4 Å². The summed E-state index contributed by atoms with van der Waals surface area (Å²) in [7, 11) is 0. The van der Waals surface area contributed by atoms with Gasteiger partial charge in [0.25, 0.3) is 0 Å². The van der Waals surface area contributed by atoms with Crippen LogP contribution in [0.25, 0.3) is 0 Å². The fourth-order valence-corrected chi connectivity index (χ4v) is 3.48. The number of carbonyl (C=O) groups excluding carboxylic acids is 1. The van der Waals surface area contributed by atoms with Gasteiger partial charge in [0.2, 0.25) is 0 Å². The predicted octanol–water partition coefficient (Wildman–Crippen LogP) is 4.57. The van der Waals surface area contributed by atoms with Crippen molar-refractivity contribution in [3.63, 3.8) is 0 Å². The van der Waals surface area contributed by atoms with E-state index >= 15 is 0 Å². The Morgan fingerprint density at radius 3 is 2.52 bits per heavy atom. The van der Waals surface area contributed by atoms with Crippen molar-refractivity contribution in [1.29, 1.82) is 0 Å². The van der Waals surface area contributed by atoms with Crippen LogP contribution in [-0.4, -0.2) is 5.78 Å². The highest BCUT2D eigenvalue weighted by Crippen LogP contribution is 2.43. The summed E-state index contributed by atoms with van der Waals surface area (Å²) >= 11 is 5.98. The molecule has 0 fully saturated rings. The molecule has 1 unspecified atom stereocenters. The first-order valence-corrected chi connectivity index (χ1v) is 7.71. The first-order valence-electron chi connectivity index (χ1n) is 7.33. The normalized spacial score (nSPS) is 24.3. The molecule has 1 heterocycles. The average Bonchev–Trinajstić information content (AvgIpc) is 2.36. The molecule has 1 atom stereocenters. The zero-order valence-corrected chi connectivity index (χ0v) is 13.4. The van der Waals surface area contributed by atoms with E-state index in [1.807, 2.05) is 24.3 Å². The summed E-state index contributed by atoms with van der Waals surface area (Å²) in [4.78, 5) is 12.6. The second-order valence-electron chi connectivity index (χ2n) is 6.84. The molecule has 0 radical (unpaired) electrons. The molecule has 1 aromatic carbocycles. The van der Waals surface area contributed by atoms with Gasteiger partial charge >= 0.3 is 0 Å². The summed E-state index contributed by atoms with van der Waals surface area (Å²) in [5.74, 6) is 0.305. The van der Waals surface area contributed by atoms with Gasteiger partial charge in [-0.3, -0.25) is 4.79 Å². The van der Waals surface area contributed by atoms with E-state index in [0.29, 0.717) is 6.42 Å². The average molecular weight is 302 g/mol. The maximum atomic E-state index is 12.6. The van der Waals surface area contributed by atoms with Crippen molar-refractivity contribution in [3.8, 4) is 0 Å². The van der Waals surface area contributed by atoms with Crippen molar-refractivity contribution in [1.82, 2.24) is 5.32 Å². The zero-order chi connectivity index (χ0) is 15.2. The van der Waals surface area contributed by atoms with Gasteiger partial charge in [-0.25, -0.2) is 0 Å². The first kappa shape index (κ1) is 14.4. The van der Waals surface area contributed by atoms with Crippen molar-refractivity contribution in [3.05, 3.63) is 57.9 Å². The lowest BCUT2D eigenvalue weighted by atomic mass is 9.70. The molecule has 0 saturated heterocycles. The van der Waals surface area contributed by atoms with Crippen LogP contribution in [-0.2, 0) is 4.79 Å². The fourth-order valence-electron chi connectivity index (χ4n) is 3.35. The lowest BCUT2D eigenvalue weighted by Crippen LogP contribution is -2.35. The van der Waals surface area contributed by atoms with Gasteiger partial charge in [0.15, 0.2) is 5.78 Å². The number of carbonyl (C=O) groups is 1. The summed E-state index contributed by atoms with van der Waals surface area (Å²) in [6, 6.07) is 7.80. The fraction of sp³-hybridized carbons (Fsp3) is 0.389. The van der Waals surface area contributed by atoms with Crippen molar-refractivity contribution < 1.29 is 4.79 Å². The minimum absolute atomic E-state index is 0.0328. The third-order valence-electron chi connectivity index (χ3n) is 4.22. The monoisotopic (exact) mass is 301 g/mol. The van der Waals surface area contributed by atoms with E-state index in [1.54, 1.807) is 0 Å². The summed E-state index contributed by atoms with van der Waals surface area (Å²) in [5.41, 5.74) is 4.30. The highest BCUT2D eigenvalue weighted by Gasteiger charge is 2.37. The topological polar surface area (TPSA) is 29.1 Å². The number of Topliss-reactive ketones (excluding diaryl/α,β-unsaturated/α-hetero) is 1. The molecular weight excluding hydrogens is 282 g/mol. The third-order valence-corrected chi connectivity index (χ3v) is 4.48. The van der Waals surface area contributed by atoms with E-state index in [2.05, 4.69) is 32.2 Å². The van der Waals surface area contributed by atoms with Crippen LogP contribution in [0.15, 0.2) is 47.3 Å². The molecule has 0 amide bonds. The molecule has 2 aliphatic rings. The molecule has 1 aromatic rings. The van der Waals surface area contributed by atoms with Gasteiger partial charge in [0.05, 0.1) is 0 Å². The van der Waals surface area contributed by atoms with Gasteiger partial charge in [0, 0.05) is 34.3 Å². The Morgan fingerprint density at radius 2 is 1.86 bits per heavy atom. The molecule has 0 bridgehead atoms. The maximum absolute atomic E-state index is 12.6. The maximum Gasteiger partial charge on any atom is 0.162 e. The number of hydrogen-bond donors (Lipinski definition) is 1. The van der Waals surface area contributed by atoms with Crippen LogP contribution in [0.1, 0.15) is 45.1 Å². The minimum atomic E-state index is 0.0328. The number of rotatable bonds is 1. The van der Waals surface area contributed by atoms with E-state index in [9.17, 15) is 4.79 Å². The molecule has 0 spiro atoms. The Labute approximate surface area is 130 Å². The number of nitrogens with one attached hydrogen (secondary N) is 1. The molecule has 1 aliphatic carbocycles. The molecule has 1 N–H and O–H groups in total. The Kier molecular flexibility index (Phi) is 3.45. The number of hydrogen-bond acceptors (Lipinski definition) is 2. The molecule has 21 heavy (non-hydrogen) atoms. The standard InChI is InChI=1S/C18H20ClNO/c1-11-8-14(12-4-6-13(19)7-5-12)17-15(20-11)9-18(2,3)10-16(17)21/h4-8,14,20H,9-10H2,1-3H3. The number of dihydropyridines is 1. The largest absolute Gasteiger partial charge is 0.362 e. The first-order chi connectivity index (χ1) is 9.85. The molecule has 110 valence electrons. The Bertz CT molecular complexity index is 652. The van der Waals surface area contributed by atoms with Crippen LogP contribution in [0, 0.1) is 5.41 Å². The van der Waals surface area contributed by atoms with Gasteiger partial charge in [-0.05, 0) is 36.5 Å². The quantitative estimate of drug-likeness (QED) is 0.823. The van der Waals surface area contributed by atoms with Gasteiger partial charge in [-0.2, -0.15) is 0 Å². The highest BCUT2D eigenvalue weighted by atomic mass is 35.5. The van der Waals surface area contributed by atoms with E-state index in [-0.39, 0.29) is 17.1 Å². The SMILES string of the molecule is CC1=CC(c2ccc(Cl)cc2)C2=C(CC(C)(C)CC2=O)N1. The van der Waals surface area contributed by atoms with Crippen molar-refractivity contribution in [2.75, 3.05) is 0 Å². The second kappa shape index (κ2) is 5.03. The Balaban J connectivity index is 2.06. The van der Waals surface area contributed by atoms with Crippen LogP contribution in [0.4, 0.5) is 0 Å². The Hall–Kier alpha value is -1.54. The molecular formula is C18H20ClNO. The highest BCUT2D eigenvalue weighted by molar-refractivity contribution is 6.30. The van der Waals surface area contributed by atoms with Crippen LogP contribution in [0.5, 0.6) is 0 Å². The molecule has 2 nitrogen and oxygen atoms in total. The molecule has 0 aromatic heterocycles. The summed E-state index contributed by atoms with van der Waals surface area (Å²) in [6.45, 7) is 6.36.